The highest BCUT2D eigenvalue weighted by atomic mass is 16.5. The molecule has 1 aliphatic rings. The molecular weight excluding hydrogens is 306 g/mol. The van der Waals surface area contributed by atoms with E-state index in [2.05, 4.69) is 5.10 Å². The third kappa shape index (κ3) is 3.04. The Labute approximate surface area is 141 Å². The monoisotopic (exact) mass is 327 g/mol. The largest absolute Gasteiger partial charge is 0.494 e. The van der Waals surface area contributed by atoms with Crippen LogP contribution in [0.25, 0.3) is 0 Å². The molecule has 0 N–H and O–H groups in total. The third-order valence-electron chi connectivity index (χ3n) is 4.14. The van der Waals surface area contributed by atoms with Gasteiger partial charge in [-0.1, -0.05) is 0 Å². The number of ether oxygens (including phenoxy) is 1. The first kappa shape index (κ1) is 16.2. The Balaban J connectivity index is 1.77. The number of anilines is 1. The SMILES string of the molecule is CCOc1ccc(N2C(=O)C[C@@H](Cn3nc(C)cc3C)C2=O)cc1. The van der Waals surface area contributed by atoms with Gasteiger partial charge in [-0.2, -0.15) is 5.10 Å². The number of carbonyl (C=O) groups excluding carboxylic acids is 2. The summed E-state index contributed by atoms with van der Waals surface area (Å²) in [6.07, 6.45) is 0.213. The summed E-state index contributed by atoms with van der Waals surface area (Å²) in [5, 5.41) is 4.38. The maximum Gasteiger partial charge on any atom is 0.239 e. The Morgan fingerprint density at radius 1 is 1.21 bits per heavy atom. The zero-order valence-corrected chi connectivity index (χ0v) is 14.2. The van der Waals surface area contributed by atoms with Crippen molar-refractivity contribution >= 4 is 17.5 Å². The van der Waals surface area contributed by atoms with Gasteiger partial charge in [0.25, 0.3) is 0 Å². The lowest BCUT2D eigenvalue weighted by atomic mass is 10.1. The van der Waals surface area contributed by atoms with Crippen LogP contribution >= 0.6 is 0 Å². The quantitative estimate of drug-likeness (QED) is 0.792. The third-order valence-corrected chi connectivity index (χ3v) is 4.14. The van der Waals surface area contributed by atoms with E-state index in [0.29, 0.717) is 18.8 Å². The standard InChI is InChI=1S/C18H21N3O3/c1-4-24-16-7-5-15(6-8-16)21-17(22)10-14(18(21)23)11-20-13(3)9-12(2)19-20/h5-9,14H,4,10-11H2,1-3H3/t14-/m0/s1. The van der Waals surface area contributed by atoms with Gasteiger partial charge < -0.3 is 4.74 Å². The van der Waals surface area contributed by atoms with Crippen LogP contribution in [0.2, 0.25) is 0 Å². The molecule has 0 bridgehead atoms. The van der Waals surface area contributed by atoms with Crippen LogP contribution in [0.15, 0.2) is 30.3 Å². The molecule has 0 aliphatic carbocycles. The average molecular weight is 327 g/mol. The molecule has 1 aliphatic heterocycles. The number of aromatic nitrogens is 2. The van der Waals surface area contributed by atoms with Gasteiger partial charge in [0.05, 0.1) is 30.5 Å². The van der Waals surface area contributed by atoms with Gasteiger partial charge in [0.1, 0.15) is 5.75 Å². The molecule has 6 nitrogen and oxygen atoms in total. The molecular formula is C18H21N3O3. The molecule has 2 amide bonds. The lowest BCUT2D eigenvalue weighted by Crippen LogP contribution is -2.31. The summed E-state index contributed by atoms with van der Waals surface area (Å²) < 4.78 is 7.19. The summed E-state index contributed by atoms with van der Waals surface area (Å²) in [6.45, 7) is 6.78. The highest BCUT2D eigenvalue weighted by molar-refractivity contribution is 6.20. The minimum absolute atomic E-state index is 0.170. The Hall–Kier alpha value is -2.63. The van der Waals surface area contributed by atoms with Gasteiger partial charge in [-0.15, -0.1) is 0 Å². The van der Waals surface area contributed by atoms with Crippen LogP contribution in [0.3, 0.4) is 0 Å². The van der Waals surface area contributed by atoms with E-state index in [0.717, 1.165) is 17.1 Å². The van der Waals surface area contributed by atoms with Crippen molar-refractivity contribution in [1.82, 2.24) is 9.78 Å². The van der Waals surface area contributed by atoms with Gasteiger partial charge in [-0.25, -0.2) is 0 Å². The lowest BCUT2D eigenvalue weighted by Gasteiger charge is -2.16. The minimum Gasteiger partial charge on any atom is -0.494 e. The van der Waals surface area contributed by atoms with E-state index in [1.54, 1.807) is 28.9 Å². The number of imide groups is 1. The van der Waals surface area contributed by atoms with E-state index in [1.807, 2.05) is 26.8 Å². The number of benzene rings is 1. The zero-order valence-electron chi connectivity index (χ0n) is 14.2. The first-order valence-electron chi connectivity index (χ1n) is 8.10. The number of aryl methyl sites for hydroxylation is 2. The van der Waals surface area contributed by atoms with Crippen LogP contribution in [0.4, 0.5) is 5.69 Å². The van der Waals surface area contributed by atoms with Gasteiger partial charge in [-0.05, 0) is 51.1 Å². The molecule has 6 heteroatoms. The normalized spacial score (nSPS) is 17.6. The molecule has 1 atom stereocenters. The first-order chi connectivity index (χ1) is 11.5. The fraction of sp³-hybridized carbons (Fsp3) is 0.389. The second kappa shape index (κ2) is 6.47. The van der Waals surface area contributed by atoms with Crippen LogP contribution in [-0.4, -0.2) is 28.2 Å². The summed E-state index contributed by atoms with van der Waals surface area (Å²) in [6, 6.07) is 8.99. The number of hydrogen-bond acceptors (Lipinski definition) is 4. The van der Waals surface area contributed by atoms with Crippen LogP contribution in [0, 0.1) is 19.8 Å². The van der Waals surface area contributed by atoms with Crippen molar-refractivity contribution in [3.05, 3.63) is 41.7 Å². The van der Waals surface area contributed by atoms with Gasteiger partial charge in [0.15, 0.2) is 0 Å². The molecule has 126 valence electrons. The van der Waals surface area contributed by atoms with Crippen LogP contribution < -0.4 is 9.64 Å². The molecule has 24 heavy (non-hydrogen) atoms. The summed E-state index contributed by atoms with van der Waals surface area (Å²) in [7, 11) is 0. The number of hydrogen-bond donors (Lipinski definition) is 0. The van der Waals surface area contributed by atoms with Gasteiger partial charge in [-0.3, -0.25) is 19.2 Å². The summed E-state index contributed by atoms with van der Waals surface area (Å²) >= 11 is 0. The van der Waals surface area contributed by atoms with Crippen LogP contribution in [0.1, 0.15) is 24.7 Å². The molecule has 0 radical (unpaired) electrons. The van der Waals surface area contributed by atoms with Crippen molar-refractivity contribution < 1.29 is 14.3 Å². The van der Waals surface area contributed by atoms with E-state index < -0.39 is 0 Å². The van der Waals surface area contributed by atoms with Crippen molar-refractivity contribution in [2.24, 2.45) is 5.92 Å². The summed E-state index contributed by atoms with van der Waals surface area (Å²) in [4.78, 5) is 26.3. The topological polar surface area (TPSA) is 64.4 Å². The Kier molecular flexibility index (Phi) is 4.38. The molecule has 2 aromatic rings. The van der Waals surface area contributed by atoms with E-state index in [9.17, 15) is 9.59 Å². The van der Waals surface area contributed by atoms with E-state index in [4.69, 9.17) is 4.74 Å². The molecule has 0 unspecified atom stereocenters. The molecule has 0 saturated carbocycles. The molecule has 1 aromatic carbocycles. The molecule has 1 fully saturated rings. The van der Waals surface area contributed by atoms with Gasteiger partial charge in [0, 0.05) is 12.1 Å². The van der Waals surface area contributed by atoms with Gasteiger partial charge >= 0.3 is 0 Å². The maximum atomic E-state index is 12.7. The summed E-state index contributed by atoms with van der Waals surface area (Å²) in [5.74, 6) is 0.00834. The molecule has 1 aromatic heterocycles. The van der Waals surface area contributed by atoms with Crippen molar-refractivity contribution in [3.63, 3.8) is 0 Å². The highest BCUT2D eigenvalue weighted by Crippen LogP contribution is 2.29. The van der Waals surface area contributed by atoms with E-state index in [-0.39, 0.29) is 24.2 Å². The highest BCUT2D eigenvalue weighted by Gasteiger charge is 2.39. The zero-order chi connectivity index (χ0) is 17.3. The van der Waals surface area contributed by atoms with Crippen LogP contribution in [-0.2, 0) is 16.1 Å². The predicted octanol–water partition coefficient (Wildman–Crippen LogP) is 2.48. The maximum absolute atomic E-state index is 12.7. The number of nitrogens with zero attached hydrogens (tertiary/aromatic N) is 3. The Morgan fingerprint density at radius 2 is 1.92 bits per heavy atom. The van der Waals surface area contributed by atoms with Crippen molar-refractivity contribution in [2.75, 3.05) is 11.5 Å². The van der Waals surface area contributed by atoms with Crippen LogP contribution in [0.5, 0.6) is 5.75 Å². The molecule has 0 spiro atoms. The first-order valence-corrected chi connectivity index (χ1v) is 8.10. The minimum atomic E-state index is -0.373. The predicted molar refractivity (Wildman–Crippen MR) is 89.9 cm³/mol. The second-order valence-electron chi connectivity index (χ2n) is 6.00. The lowest BCUT2D eigenvalue weighted by molar-refractivity contribution is -0.122. The van der Waals surface area contributed by atoms with Gasteiger partial charge in [0.2, 0.25) is 11.8 Å². The number of amides is 2. The summed E-state index contributed by atoms with van der Waals surface area (Å²) in [5.41, 5.74) is 2.49. The van der Waals surface area contributed by atoms with Crippen molar-refractivity contribution in [1.29, 1.82) is 0 Å². The Morgan fingerprint density at radius 3 is 2.50 bits per heavy atom. The molecule has 3 rings (SSSR count). The van der Waals surface area contributed by atoms with E-state index >= 15 is 0 Å². The fourth-order valence-electron chi connectivity index (χ4n) is 3.04. The molecule has 1 saturated heterocycles. The smallest absolute Gasteiger partial charge is 0.239 e. The van der Waals surface area contributed by atoms with Crippen molar-refractivity contribution in [3.8, 4) is 5.75 Å². The second-order valence-corrected chi connectivity index (χ2v) is 6.00. The average Bonchev–Trinajstić information content (AvgIpc) is 3.00. The Bertz CT molecular complexity index is 764. The van der Waals surface area contributed by atoms with Crippen molar-refractivity contribution in [2.45, 2.75) is 33.7 Å². The van der Waals surface area contributed by atoms with E-state index in [1.165, 1.54) is 4.90 Å². The fourth-order valence-corrected chi connectivity index (χ4v) is 3.04. The molecule has 2 heterocycles. The number of carbonyl (C=O) groups is 2. The number of rotatable bonds is 5.